The number of nitrogens with one attached hydrogen (secondary N) is 1. The minimum atomic E-state index is -0.755. The highest BCUT2D eigenvalue weighted by Crippen LogP contribution is 2.30. The van der Waals surface area contributed by atoms with Gasteiger partial charge in [-0.2, -0.15) is 0 Å². The molecule has 0 aromatic carbocycles. The average molecular weight is 471 g/mol. The number of hydrogen-bond donors (Lipinski definition) is 2. The number of carbonyl (C=O) groups is 2. The smallest absolute Gasteiger partial charge is 0.317 e. The SMILES string of the molecule is Cc1nc(-c2nnn(C)c2CNC(=O)N(C)CC2CCC2)ccc1O[C@H]1CCC[C@H](C(=O)O)C1. The van der Waals surface area contributed by atoms with Crippen LogP contribution in [0.3, 0.4) is 0 Å². The maximum absolute atomic E-state index is 12.5. The van der Waals surface area contributed by atoms with E-state index in [1.165, 1.54) is 19.3 Å². The Kier molecular flexibility index (Phi) is 7.33. The van der Waals surface area contributed by atoms with E-state index in [9.17, 15) is 14.7 Å². The van der Waals surface area contributed by atoms with E-state index in [4.69, 9.17) is 4.74 Å². The summed E-state index contributed by atoms with van der Waals surface area (Å²) in [6, 6.07) is 3.57. The Morgan fingerprint density at radius 2 is 2.00 bits per heavy atom. The van der Waals surface area contributed by atoms with Gasteiger partial charge in [-0.05, 0) is 63.5 Å². The van der Waals surface area contributed by atoms with Crippen LogP contribution in [-0.4, -0.2) is 61.7 Å². The first-order chi connectivity index (χ1) is 16.3. The number of nitrogens with zero attached hydrogens (tertiary/aromatic N) is 5. The van der Waals surface area contributed by atoms with Crippen molar-refractivity contribution in [2.75, 3.05) is 13.6 Å². The summed E-state index contributed by atoms with van der Waals surface area (Å²) < 4.78 is 7.76. The van der Waals surface area contributed by atoms with Crippen molar-refractivity contribution in [2.24, 2.45) is 18.9 Å². The Labute approximate surface area is 199 Å². The van der Waals surface area contributed by atoms with Crippen LogP contribution in [0.15, 0.2) is 12.1 Å². The molecule has 2 atom stereocenters. The summed E-state index contributed by atoms with van der Waals surface area (Å²) in [6.07, 6.45) is 6.42. The lowest BCUT2D eigenvalue weighted by atomic mass is 9.85. The number of urea groups is 1. The predicted molar refractivity (Wildman–Crippen MR) is 125 cm³/mol. The highest BCUT2D eigenvalue weighted by molar-refractivity contribution is 5.74. The van der Waals surface area contributed by atoms with Crippen molar-refractivity contribution in [3.8, 4) is 17.1 Å². The van der Waals surface area contributed by atoms with Crippen LogP contribution < -0.4 is 10.1 Å². The first-order valence-corrected chi connectivity index (χ1v) is 12.1. The van der Waals surface area contributed by atoms with Gasteiger partial charge in [-0.3, -0.25) is 4.79 Å². The van der Waals surface area contributed by atoms with Gasteiger partial charge in [-0.25, -0.2) is 14.5 Å². The molecule has 0 spiro atoms. The van der Waals surface area contributed by atoms with Crippen LogP contribution in [0.25, 0.3) is 11.4 Å². The third-order valence-corrected chi connectivity index (χ3v) is 7.00. The standard InChI is InChI=1S/C24H34N6O4/c1-15-21(34-18-9-5-8-17(12-18)23(31)32)11-10-19(26-15)22-20(30(3)28-27-22)13-25-24(33)29(2)14-16-6-4-7-16/h10-11,16-18H,4-9,12-14H2,1-3H3,(H,25,33)(H,31,32)/t17-,18-/m0/s1. The fourth-order valence-corrected chi connectivity index (χ4v) is 4.67. The average Bonchev–Trinajstić information content (AvgIpc) is 3.16. The molecule has 184 valence electrons. The summed E-state index contributed by atoms with van der Waals surface area (Å²) in [5, 5.41) is 20.7. The van der Waals surface area contributed by atoms with E-state index >= 15 is 0 Å². The Balaban J connectivity index is 1.41. The minimum Gasteiger partial charge on any atom is -0.489 e. The number of aliphatic carboxylic acids is 1. The Bertz CT molecular complexity index is 1030. The molecule has 2 heterocycles. The van der Waals surface area contributed by atoms with Gasteiger partial charge in [0.1, 0.15) is 11.4 Å². The number of aryl methyl sites for hydroxylation is 2. The molecule has 0 saturated heterocycles. The summed E-state index contributed by atoms with van der Waals surface area (Å²) >= 11 is 0. The van der Waals surface area contributed by atoms with E-state index in [0.29, 0.717) is 48.1 Å². The van der Waals surface area contributed by atoms with Crippen LogP contribution in [0.1, 0.15) is 56.3 Å². The third kappa shape index (κ3) is 5.48. The molecule has 0 unspecified atom stereocenters. The molecule has 2 aromatic rings. The van der Waals surface area contributed by atoms with Crippen molar-refractivity contribution in [3.63, 3.8) is 0 Å². The summed E-state index contributed by atoms with van der Waals surface area (Å²) in [5.41, 5.74) is 2.73. The van der Waals surface area contributed by atoms with E-state index in [-0.39, 0.29) is 18.1 Å². The van der Waals surface area contributed by atoms with E-state index in [1.54, 1.807) is 16.6 Å². The lowest BCUT2D eigenvalue weighted by Crippen LogP contribution is -2.41. The summed E-state index contributed by atoms with van der Waals surface area (Å²) in [4.78, 5) is 30.3. The molecular formula is C24H34N6O4. The highest BCUT2D eigenvalue weighted by atomic mass is 16.5. The van der Waals surface area contributed by atoms with Crippen LogP contribution in [0.2, 0.25) is 0 Å². The van der Waals surface area contributed by atoms with Gasteiger partial charge in [0.2, 0.25) is 0 Å². The number of hydrogen-bond acceptors (Lipinski definition) is 6. The maximum Gasteiger partial charge on any atom is 0.317 e. The number of pyridine rings is 1. The minimum absolute atomic E-state index is 0.112. The van der Waals surface area contributed by atoms with Gasteiger partial charge >= 0.3 is 12.0 Å². The highest BCUT2D eigenvalue weighted by Gasteiger charge is 2.28. The van der Waals surface area contributed by atoms with Gasteiger partial charge in [0.05, 0.1) is 35.6 Å². The van der Waals surface area contributed by atoms with Gasteiger partial charge in [0, 0.05) is 20.6 Å². The first-order valence-electron chi connectivity index (χ1n) is 12.1. The molecular weight excluding hydrogens is 436 g/mol. The van der Waals surface area contributed by atoms with Gasteiger partial charge in [-0.15, -0.1) is 5.10 Å². The van der Waals surface area contributed by atoms with Crippen molar-refractivity contribution in [1.29, 1.82) is 0 Å². The van der Waals surface area contributed by atoms with Crippen molar-refractivity contribution in [3.05, 3.63) is 23.5 Å². The molecule has 2 saturated carbocycles. The third-order valence-electron chi connectivity index (χ3n) is 7.00. The van der Waals surface area contributed by atoms with Crippen molar-refractivity contribution in [1.82, 2.24) is 30.2 Å². The lowest BCUT2D eigenvalue weighted by Gasteiger charge is -2.30. The molecule has 0 bridgehead atoms. The Morgan fingerprint density at radius 1 is 1.24 bits per heavy atom. The topological polar surface area (TPSA) is 122 Å². The zero-order valence-electron chi connectivity index (χ0n) is 20.2. The lowest BCUT2D eigenvalue weighted by molar-refractivity contribution is -0.143. The second kappa shape index (κ2) is 10.4. The Morgan fingerprint density at radius 3 is 2.68 bits per heavy atom. The fraction of sp³-hybridized carbons (Fsp3) is 0.625. The van der Waals surface area contributed by atoms with E-state index in [2.05, 4.69) is 20.6 Å². The van der Waals surface area contributed by atoms with Gasteiger partial charge in [-0.1, -0.05) is 11.6 Å². The Hall–Kier alpha value is -3.17. The maximum atomic E-state index is 12.5. The molecule has 2 aliphatic rings. The molecule has 2 aliphatic carbocycles. The van der Waals surface area contributed by atoms with Gasteiger partial charge in [0.25, 0.3) is 0 Å². The monoisotopic (exact) mass is 470 g/mol. The molecule has 2 fully saturated rings. The van der Waals surface area contributed by atoms with Gasteiger partial charge in [0.15, 0.2) is 0 Å². The van der Waals surface area contributed by atoms with Crippen LogP contribution in [-0.2, 0) is 18.4 Å². The summed E-state index contributed by atoms with van der Waals surface area (Å²) in [5.74, 6) is 0.156. The van der Waals surface area contributed by atoms with Crippen molar-refractivity contribution >= 4 is 12.0 Å². The molecule has 2 amide bonds. The van der Waals surface area contributed by atoms with Crippen LogP contribution >= 0.6 is 0 Å². The second-order valence-electron chi connectivity index (χ2n) is 9.57. The second-order valence-corrected chi connectivity index (χ2v) is 9.57. The van der Waals surface area contributed by atoms with Crippen molar-refractivity contribution < 1.29 is 19.4 Å². The zero-order chi connectivity index (χ0) is 24.2. The molecule has 4 rings (SSSR count). The molecule has 2 aromatic heterocycles. The number of carboxylic acid groups (broad SMARTS) is 1. The van der Waals surface area contributed by atoms with E-state index in [0.717, 1.165) is 25.1 Å². The summed E-state index contributed by atoms with van der Waals surface area (Å²) in [6.45, 7) is 2.94. The molecule has 0 radical (unpaired) electrons. The molecule has 10 heteroatoms. The van der Waals surface area contributed by atoms with Crippen LogP contribution in [0.4, 0.5) is 4.79 Å². The van der Waals surface area contributed by atoms with Gasteiger partial charge < -0.3 is 20.1 Å². The number of ether oxygens (including phenoxy) is 1. The number of carbonyl (C=O) groups excluding carboxylic acids is 1. The normalized spacial score (nSPS) is 20.4. The number of rotatable bonds is 8. The number of carboxylic acids is 1. The fourth-order valence-electron chi connectivity index (χ4n) is 4.67. The molecule has 10 nitrogen and oxygen atoms in total. The quantitative estimate of drug-likeness (QED) is 0.608. The van der Waals surface area contributed by atoms with Crippen LogP contribution in [0, 0.1) is 18.8 Å². The molecule has 2 N–H and O–H groups in total. The largest absolute Gasteiger partial charge is 0.489 e. The zero-order valence-corrected chi connectivity index (χ0v) is 20.2. The predicted octanol–water partition coefficient (Wildman–Crippen LogP) is 3.15. The van der Waals surface area contributed by atoms with Crippen LogP contribution in [0.5, 0.6) is 5.75 Å². The number of amides is 2. The van der Waals surface area contributed by atoms with E-state index < -0.39 is 5.97 Å². The van der Waals surface area contributed by atoms with E-state index in [1.807, 2.05) is 26.1 Å². The number of aromatic nitrogens is 4. The molecule has 0 aliphatic heterocycles. The van der Waals surface area contributed by atoms with Crippen molar-refractivity contribution in [2.45, 2.75) is 64.5 Å². The summed E-state index contributed by atoms with van der Waals surface area (Å²) in [7, 11) is 3.62. The molecule has 34 heavy (non-hydrogen) atoms. The first kappa shape index (κ1) is 24.0.